The maximum absolute atomic E-state index is 5.24. The van der Waals surface area contributed by atoms with Crippen molar-refractivity contribution in [1.82, 2.24) is 10.3 Å². The summed E-state index contributed by atoms with van der Waals surface area (Å²) in [5.41, 5.74) is 1.23. The third-order valence-corrected chi connectivity index (χ3v) is 2.37. The van der Waals surface area contributed by atoms with Gasteiger partial charge in [0.2, 0.25) is 0 Å². The van der Waals surface area contributed by atoms with E-state index in [1.807, 2.05) is 24.3 Å². The van der Waals surface area contributed by atoms with E-state index >= 15 is 0 Å². The fourth-order valence-electron chi connectivity index (χ4n) is 1.44. The molecule has 0 fully saturated rings. The van der Waals surface area contributed by atoms with Crippen molar-refractivity contribution in [2.75, 3.05) is 0 Å². The van der Waals surface area contributed by atoms with Crippen LogP contribution < -0.4 is 5.32 Å². The molecule has 0 aromatic carbocycles. The summed E-state index contributed by atoms with van der Waals surface area (Å²) < 4.78 is 5.24. The highest BCUT2D eigenvalue weighted by Crippen LogP contribution is 2.11. The molecule has 2 aromatic heterocycles. The molecule has 78 valence electrons. The fraction of sp³-hybridized carbons (Fsp3) is 0.250. The smallest absolute Gasteiger partial charge is 0.117 e. The zero-order valence-electron chi connectivity index (χ0n) is 8.68. The van der Waals surface area contributed by atoms with Crippen molar-refractivity contribution in [1.29, 1.82) is 0 Å². The van der Waals surface area contributed by atoms with Gasteiger partial charge in [0.1, 0.15) is 5.76 Å². The number of hydrogen-bond acceptors (Lipinski definition) is 3. The Morgan fingerprint density at radius 2 is 2.13 bits per heavy atom. The molecule has 1 N–H and O–H groups in total. The van der Waals surface area contributed by atoms with Gasteiger partial charge in [-0.25, -0.2) is 0 Å². The van der Waals surface area contributed by atoms with Gasteiger partial charge < -0.3 is 9.73 Å². The van der Waals surface area contributed by atoms with E-state index in [0.717, 1.165) is 12.3 Å². The van der Waals surface area contributed by atoms with E-state index in [-0.39, 0.29) is 0 Å². The molecule has 2 aromatic rings. The Hall–Kier alpha value is -1.61. The molecule has 1 atom stereocenters. The predicted molar refractivity (Wildman–Crippen MR) is 58.2 cm³/mol. The van der Waals surface area contributed by atoms with E-state index in [0.29, 0.717) is 6.04 Å². The molecule has 0 amide bonds. The van der Waals surface area contributed by atoms with Crippen molar-refractivity contribution in [3.8, 4) is 0 Å². The number of furan rings is 1. The zero-order valence-corrected chi connectivity index (χ0v) is 8.68. The third kappa shape index (κ3) is 2.67. The highest BCUT2D eigenvalue weighted by molar-refractivity contribution is 5.14. The molecule has 0 saturated heterocycles. The van der Waals surface area contributed by atoms with Crippen LogP contribution in [0.4, 0.5) is 0 Å². The van der Waals surface area contributed by atoms with E-state index in [2.05, 4.69) is 17.2 Å². The number of nitrogens with one attached hydrogen (secondary N) is 1. The lowest BCUT2D eigenvalue weighted by atomic mass is 10.1. The lowest BCUT2D eigenvalue weighted by Crippen LogP contribution is -2.17. The maximum atomic E-state index is 5.24. The third-order valence-electron chi connectivity index (χ3n) is 2.37. The van der Waals surface area contributed by atoms with Crippen LogP contribution in [-0.4, -0.2) is 4.98 Å². The minimum Gasteiger partial charge on any atom is -0.468 e. The van der Waals surface area contributed by atoms with E-state index in [1.54, 1.807) is 18.7 Å². The van der Waals surface area contributed by atoms with Crippen LogP contribution in [0, 0.1) is 0 Å². The van der Waals surface area contributed by atoms with Crippen LogP contribution in [-0.2, 0) is 6.54 Å². The lowest BCUT2D eigenvalue weighted by Gasteiger charge is -2.12. The molecule has 3 heteroatoms. The van der Waals surface area contributed by atoms with Gasteiger partial charge in [-0.05, 0) is 36.8 Å². The Bertz CT molecular complexity index is 383. The molecule has 0 unspecified atom stereocenters. The number of pyridine rings is 1. The van der Waals surface area contributed by atoms with Gasteiger partial charge in [0, 0.05) is 18.4 Å². The standard InChI is InChI=1S/C12H14N2O/c1-10(11-4-6-13-7-5-11)14-9-12-3-2-8-15-12/h2-8,10,14H,9H2,1H3/t10-/m1/s1. The maximum Gasteiger partial charge on any atom is 0.117 e. The lowest BCUT2D eigenvalue weighted by molar-refractivity contribution is 0.460. The van der Waals surface area contributed by atoms with Crippen LogP contribution in [0.25, 0.3) is 0 Å². The monoisotopic (exact) mass is 202 g/mol. The van der Waals surface area contributed by atoms with Gasteiger partial charge in [0.15, 0.2) is 0 Å². The number of nitrogens with zero attached hydrogens (tertiary/aromatic N) is 1. The summed E-state index contributed by atoms with van der Waals surface area (Å²) in [5, 5.41) is 3.38. The van der Waals surface area contributed by atoms with E-state index < -0.39 is 0 Å². The highest BCUT2D eigenvalue weighted by Gasteiger charge is 2.04. The first kappa shape index (κ1) is 9.93. The molecular weight excluding hydrogens is 188 g/mol. The van der Waals surface area contributed by atoms with E-state index in [1.165, 1.54) is 5.56 Å². The van der Waals surface area contributed by atoms with Crippen molar-refractivity contribution in [3.05, 3.63) is 54.2 Å². The summed E-state index contributed by atoms with van der Waals surface area (Å²) in [4.78, 5) is 3.99. The molecule has 0 aliphatic heterocycles. The first-order chi connectivity index (χ1) is 7.36. The van der Waals surface area contributed by atoms with Crippen LogP contribution >= 0.6 is 0 Å². The predicted octanol–water partition coefficient (Wildman–Crippen LogP) is 2.53. The SMILES string of the molecule is C[C@@H](NCc1ccco1)c1ccncc1. The molecule has 0 aliphatic rings. The largest absolute Gasteiger partial charge is 0.468 e. The van der Waals surface area contributed by atoms with Crippen LogP contribution in [0.5, 0.6) is 0 Å². The Kier molecular flexibility index (Phi) is 3.15. The highest BCUT2D eigenvalue weighted by atomic mass is 16.3. The van der Waals surface area contributed by atoms with Crippen molar-refractivity contribution in [3.63, 3.8) is 0 Å². The van der Waals surface area contributed by atoms with Crippen molar-refractivity contribution in [2.24, 2.45) is 0 Å². The first-order valence-electron chi connectivity index (χ1n) is 5.02. The number of rotatable bonds is 4. The van der Waals surface area contributed by atoms with Gasteiger partial charge in [0.25, 0.3) is 0 Å². The van der Waals surface area contributed by atoms with Crippen LogP contribution in [0.2, 0.25) is 0 Å². The minimum absolute atomic E-state index is 0.304. The van der Waals surface area contributed by atoms with Crippen LogP contribution in [0.15, 0.2) is 47.3 Å². The van der Waals surface area contributed by atoms with Gasteiger partial charge in [-0.15, -0.1) is 0 Å². The summed E-state index contributed by atoms with van der Waals surface area (Å²) in [6.45, 7) is 2.87. The molecule has 2 heterocycles. The summed E-state index contributed by atoms with van der Waals surface area (Å²) in [7, 11) is 0. The molecule has 0 saturated carbocycles. The Morgan fingerprint density at radius 1 is 1.33 bits per heavy atom. The van der Waals surface area contributed by atoms with E-state index in [4.69, 9.17) is 4.42 Å². The normalized spacial score (nSPS) is 12.6. The Labute approximate surface area is 89.1 Å². The second kappa shape index (κ2) is 4.75. The molecule has 15 heavy (non-hydrogen) atoms. The number of aromatic nitrogens is 1. The van der Waals surface area contributed by atoms with Crippen LogP contribution in [0.1, 0.15) is 24.3 Å². The zero-order chi connectivity index (χ0) is 10.5. The molecule has 0 spiro atoms. The quantitative estimate of drug-likeness (QED) is 0.827. The van der Waals surface area contributed by atoms with Gasteiger partial charge in [-0.1, -0.05) is 0 Å². The second-order valence-corrected chi connectivity index (χ2v) is 3.46. The fourth-order valence-corrected chi connectivity index (χ4v) is 1.44. The summed E-state index contributed by atoms with van der Waals surface area (Å²) in [6, 6.07) is 8.19. The van der Waals surface area contributed by atoms with Gasteiger partial charge in [0.05, 0.1) is 12.8 Å². The average molecular weight is 202 g/mol. The molecule has 0 radical (unpaired) electrons. The topological polar surface area (TPSA) is 38.1 Å². The summed E-state index contributed by atoms with van der Waals surface area (Å²) in [6.07, 6.45) is 5.30. The summed E-state index contributed by atoms with van der Waals surface area (Å²) in [5.74, 6) is 0.955. The van der Waals surface area contributed by atoms with Crippen LogP contribution in [0.3, 0.4) is 0 Å². The molecular formula is C12H14N2O. The van der Waals surface area contributed by atoms with E-state index in [9.17, 15) is 0 Å². The van der Waals surface area contributed by atoms with Gasteiger partial charge >= 0.3 is 0 Å². The first-order valence-corrected chi connectivity index (χ1v) is 5.02. The van der Waals surface area contributed by atoms with Crippen molar-refractivity contribution in [2.45, 2.75) is 19.5 Å². The molecule has 0 bridgehead atoms. The summed E-state index contributed by atoms with van der Waals surface area (Å²) >= 11 is 0. The van der Waals surface area contributed by atoms with Gasteiger partial charge in [-0.2, -0.15) is 0 Å². The Balaban J connectivity index is 1.90. The van der Waals surface area contributed by atoms with Crippen molar-refractivity contribution >= 4 is 0 Å². The molecule has 0 aliphatic carbocycles. The number of hydrogen-bond donors (Lipinski definition) is 1. The molecule has 3 nitrogen and oxygen atoms in total. The van der Waals surface area contributed by atoms with Crippen molar-refractivity contribution < 1.29 is 4.42 Å². The Morgan fingerprint density at radius 3 is 2.80 bits per heavy atom. The minimum atomic E-state index is 0.304. The second-order valence-electron chi connectivity index (χ2n) is 3.46. The van der Waals surface area contributed by atoms with Gasteiger partial charge in [-0.3, -0.25) is 4.98 Å². The average Bonchev–Trinajstić information content (AvgIpc) is 2.80. The molecule has 2 rings (SSSR count).